The van der Waals surface area contributed by atoms with E-state index in [1.54, 1.807) is 0 Å². The van der Waals surface area contributed by atoms with Crippen molar-refractivity contribution in [1.82, 2.24) is 15.5 Å². The first kappa shape index (κ1) is 15.3. The standard InChI is InChI=1S/C15H21N3O3/c1-4-13-17-14(21-18-13)10-20-15-11(9-16-3)7-6-8-12(15)19-5-2/h6-8,16H,4-5,9-10H2,1-3H3. The van der Waals surface area contributed by atoms with Gasteiger partial charge in [0.25, 0.3) is 5.89 Å². The number of benzene rings is 1. The molecule has 0 fully saturated rings. The fourth-order valence-electron chi connectivity index (χ4n) is 1.95. The molecule has 6 heteroatoms. The van der Waals surface area contributed by atoms with E-state index in [1.807, 2.05) is 39.1 Å². The van der Waals surface area contributed by atoms with Gasteiger partial charge in [0, 0.05) is 18.5 Å². The molecule has 0 saturated heterocycles. The van der Waals surface area contributed by atoms with Crippen LogP contribution in [0.25, 0.3) is 0 Å². The highest BCUT2D eigenvalue weighted by Crippen LogP contribution is 2.32. The third-order valence-electron chi connectivity index (χ3n) is 2.89. The van der Waals surface area contributed by atoms with Crippen molar-refractivity contribution in [2.24, 2.45) is 0 Å². The number of hydrogen-bond acceptors (Lipinski definition) is 6. The molecule has 0 amide bonds. The summed E-state index contributed by atoms with van der Waals surface area (Å²) in [5, 5.41) is 6.97. The highest BCUT2D eigenvalue weighted by Gasteiger charge is 2.13. The predicted octanol–water partition coefficient (Wildman–Crippen LogP) is 2.33. The van der Waals surface area contributed by atoms with Crippen molar-refractivity contribution in [2.45, 2.75) is 33.4 Å². The maximum atomic E-state index is 5.86. The molecule has 0 spiro atoms. The summed E-state index contributed by atoms with van der Waals surface area (Å²) in [7, 11) is 1.89. The Morgan fingerprint density at radius 3 is 2.76 bits per heavy atom. The van der Waals surface area contributed by atoms with Gasteiger partial charge >= 0.3 is 0 Å². The van der Waals surface area contributed by atoms with Crippen LogP contribution in [0.3, 0.4) is 0 Å². The number of rotatable bonds is 8. The molecular formula is C15H21N3O3. The molecular weight excluding hydrogens is 270 g/mol. The first-order chi connectivity index (χ1) is 10.3. The summed E-state index contributed by atoms with van der Waals surface area (Å²) in [6.45, 7) is 5.43. The summed E-state index contributed by atoms with van der Waals surface area (Å²) in [4.78, 5) is 4.24. The molecule has 0 aliphatic carbocycles. The Morgan fingerprint density at radius 2 is 2.10 bits per heavy atom. The zero-order valence-electron chi connectivity index (χ0n) is 12.7. The molecule has 1 N–H and O–H groups in total. The van der Waals surface area contributed by atoms with Crippen molar-refractivity contribution in [3.8, 4) is 11.5 Å². The van der Waals surface area contributed by atoms with Gasteiger partial charge in [-0.25, -0.2) is 0 Å². The molecule has 2 rings (SSSR count). The van der Waals surface area contributed by atoms with Crippen LogP contribution in [-0.4, -0.2) is 23.8 Å². The normalized spacial score (nSPS) is 10.6. The van der Waals surface area contributed by atoms with Crippen LogP contribution in [0.2, 0.25) is 0 Å². The predicted molar refractivity (Wildman–Crippen MR) is 78.4 cm³/mol. The molecule has 0 atom stereocenters. The lowest BCUT2D eigenvalue weighted by Gasteiger charge is -2.14. The van der Waals surface area contributed by atoms with E-state index in [4.69, 9.17) is 14.0 Å². The Labute approximate surface area is 124 Å². The van der Waals surface area contributed by atoms with Crippen molar-refractivity contribution in [3.63, 3.8) is 0 Å². The van der Waals surface area contributed by atoms with Gasteiger partial charge in [-0.3, -0.25) is 0 Å². The van der Waals surface area contributed by atoms with E-state index >= 15 is 0 Å². The lowest BCUT2D eigenvalue weighted by molar-refractivity contribution is 0.225. The Balaban J connectivity index is 2.15. The van der Waals surface area contributed by atoms with Crippen LogP contribution in [0, 0.1) is 0 Å². The summed E-state index contributed by atoms with van der Waals surface area (Å²) in [6, 6.07) is 5.84. The number of ether oxygens (including phenoxy) is 2. The Kier molecular flexibility index (Phi) is 5.57. The summed E-state index contributed by atoms with van der Waals surface area (Å²) >= 11 is 0. The molecule has 6 nitrogen and oxygen atoms in total. The zero-order valence-corrected chi connectivity index (χ0v) is 12.7. The number of aromatic nitrogens is 2. The van der Waals surface area contributed by atoms with Crippen LogP contribution >= 0.6 is 0 Å². The highest BCUT2D eigenvalue weighted by atomic mass is 16.5. The van der Waals surface area contributed by atoms with E-state index in [0.717, 1.165) is 17.7 Å². The van der Waals surface area contributed by atoms with Gasteiger partial charge in [0.05, 0.1) is 6.61 Å². The molecule has 0 bridgehead atoms. The summed E-state index contributed by atoms with van der Waals surface area (Å²) in [6.07, 6.45) is 0.740. The zero-order chi connectivity index (χ0) is 15.1. The van der Waals surface area contributed by atoms with E-state index in [2.05, 4.69) is 15.5 Å². The first-order valence-corrected chi connectivity index (χ1v) is 7.12. The van der Waals surface area contributed by atoms with Crippen molar-refractivity contribution in [3.05, 3.63) is 35.5 Å². The lowest BCUT2D eigenvalue weighted by atomic mass is 10.2. The monoisotopic (exact) mass is 291 g/mol. The number of hydrogen-bond donors (Lipinski definition) is 1. The van der Waals surface area contributed by atoms with Crippen LogP contribution < -0.4 is 14.8 Å². The van der Waals surface area contributed by atoms with E-state index < -0.39 is 0 Å². The summed E-state index contributed by atoms with van der Waals surface area (Å²) in [5.41, 5.74) is 1.03. The fourth-order valence-corrected chi connectivity index (χ4v) is 1.95. The minimum Gasteiger partial charge on any atom is -0.490 e. The molecule has 0 saturated carbocycles. The molecule has 21 heavy (non-hydrogen) atoms. The molecule has 114 valence electrons. The quantitative estimate of drug-likeness (QED) is 0.805. The van der Waals surface area contributed by atoms with Crippen LogP contribution in [0.4, 0.5) is 0 Å². The van der Waals surface area contributed by atoms with Gasteiger partial charge in [-0.15, -0.1) is 0 Å². The second kappa shape index (κ2) is 7.64. The minimum atomic E-state index is 0.230. The van der Waals surface area contributed by atoms with Crippen LogP contribution in [-0.2, 0) is 19.6 Å². The molecule has 1 heterocycles. The number of nitrogens with one attached hydrogen (secondary N) is 1. The van der Waals surface area contributed by atoms with Crippen molar-refractivity contribution >= 4 is 0 Å². The molecule has 1 aromatic heterocycles. The van der Waals surface area contributed by atoms with Crippen LogP contribution in [0.1, 0.15) is 31.1 Å². The van der Waals surface area contributed by atoms with Gasteiger partial charge in [0.1, 0.15) is 0 Å². The number of para-hydroxylation sites is 1. The second-order valence-electron chi connectivity index (χ2n) is 4.45. The van der Waals surface area contributed by atoms with Gasteiger partial charge < -0.3 is 19.3 Å². The average Bonchev–Trinajstić information content (AvgIpc) is 2.95. The van der Waals surface area contributed by atoms with E-state index in [0.29, 0.717) is 30.6 Å². The van der Waals surface area contributed by atoms with Gasteiger partial charge in [-0.1, -0.05) is 24.2 Å². The third-order valence-corrected chi connectivity index (χ3v) is 2.89. The molecule has 1 aromatic carbocycles. The maximum absolute atomic E-state index is 5.86. The van der Waals surface area contributed by atoms with Gasteiger partial charge in [-0.05, 0) is 20.0 Å². The second-order valence-corrected chi connectivity index (χ2v) is 4.45. The SMILES string of the molecule is CCOc1cccc(CNC)c1OCc1nc(CC)no1. The lowest BCUT2D eigenvalue weighted by Crippen LogP contribution is -2.09. The first-order valence-electron chi connectivity index (χ1n) is 7.12. The average molecular weight is 291 g/mol. The molecule has 0 radical (unpaired) electrons. The summed E-state index contributed by atoms with van der Waals surface area (Å²) in [5.74, 6) is 2.58. The molecule has 0 aliphatic rings. The van der Waals surface area contributed by atoms with Crippen molar-refractivity contribution in [2.75, 3.05) is 13.7 Å². The van der Waals surface area contributed by atoms with Gasteiger partial charge in [0.15, 0.2) is 23.9 Å². The van der Waals surface area contributed by atoms with Crippen LogP contribution in [0.15, 0.2) is 22.7 Å². The maximum Gasteiger partial charge on any atom is 0.264 e. The largest absolute Gasteiger partial charge is 0.490 e. The minimum absolute atomic E-state index is 0.230. The van der Waals surface area contributed by atoms with Gasteiger partial charge in [-0.2, -0.15) is 4.98 Å². The van der Waals surface area contributed by atoms with E-state index in [-0.39, 0.29) is 6.61 Å². The van der Waals surface area contributed by atoms with Gasteiger partial charge in [0.2, 0.25) is 0 Å². The Bertz CT molecular complexity index is 545. The number of nitrogens with zero attached hydrogens (tertiary/aromatic N) is 2. The molecule has 0 unspecified atom stereocenters. The topological polar surface area (TPSA) is 69.4 Å². The van der Waals surface area contributed by atoms with Crippen molar-refractivity contribution in [1.29, 1.82) is 0 Å². The fraction of sp³-hybridized carbons (Fsp3) is 0.467. The van der Waals surface area contributed by atoms with Crippen molar-refractivity contribution < 1.29 is 14.0 Å². The highest BCUT2D eigenvalue weighted by molar-refractivity contribution is 5.46. The van der Waals surface area contributed by atoms with E-state index in [9.17, 15) is 0 Å². The Morgan fingerprint density at radius 1 is 1.24 bits per heavy atom. The smallest absolute Gasteiger partial charge is 0.264 e. The Hall–Kier alpha value is -2.08. The summed E-state index contributed by atoms with van der Waals surface area (Å²) < 4.78 is 16.6. The molecule has 2 aromatic rings. The third kappa shape index (κ3) is 3.95. The van der Waals surface area contributed by atoms with E-state index in [1.165, 1.54) is 0 Å². The number of aryl methyl sites for hydroxylation is 1. The molecule has 0 aliphatic heterocycles. The van der Waals surface area contributed by atoms with Crippen LogP contribution in [0.5, 0.6) is 11.5 Å².